The van der Waals surface area contributed by atoms with Gasteiger partial charge in [0.15, 0.2) is 0 Å². The Morgan fingerprint density at radius 3 is 1.20 bits per heavy atom. The third-order valence-electron chi connectivity index (χ3n) is 0. The number of alkyl halides is 3. The molecule has 0 aliphatic rings. The van der Waals surface area contributed by atoms with E-state index < -0.39 is 18.3 Å². The van der Waals surface area contributed by atoms with Crippen LogP contribution in [0.3, 0.4) is 0 Å². The van der Waals surface area contributed by atoms with Crippen molar-refractivity contribution in [1.82, 2.24) is 0 Å². The van der Waals surface area contributed by atoms with Crippen LogP contribution in [-0.4, -0.2) is 14.8 Å². The van der Waals surface area contributed by atoms with Crippen LogP contribution in [-0.2, 0) is 0 Å². The monoisotopic (exact) mass is 187 g/mol. The second-order valence-corrected chi connectivity index (χ2v) is 11.4. The maximum atomic E-state index is 7.12. The van der Waals surface area contributed by atoms with E-state index >= 15 is 0 Å². The van der Waals surface area contributed by atoms with Gasteiger partial charge in [0.25, 0.3) is 0 Å². The average molecular weight is 187 g/mol. The van der Waals surface area contributed by atoms with Crippen molar-refractivity contribution >= 4 is 18.3 Å². The minimum atomic E-state index is -1.69. The minimum absolute atomic E-state index is 1.69. The van der Waals surface area contributed by atoms with Crippen LogP contribution in [0.4, 0.5) is 0 Å². The molecule has 0 heterocycles. The molecule has 0 fully saturated rings. The van der Waals surface area contributed by atoms with Gasteiger partial charge in [0, 0.05) is 0 Å². The molecule has 0 spiro atoms. The van der Waals surface area contributed by atoms with Crippen LogP contribution < -0.4 is 0 Å². The van der Waals surface area contributed by atoms with E-state index in [1.807, 2.05) is 14.8 Å². The van der Waals surface area contributed by atoms with Crippen molar-refractivity contribution in [3.63, 3.8) is 0 Å². The predicted molar refractivity (Wildman–Crippen MR) is 34.5 cm³/mol. The summed E-state index contributed by atoms with van der Waals surface area (Å²) in [6.07, 6.45) is 0. The Balaban J connectivity index is 3.47. The van der Waals surface area contributed by atoms with Gasteiger partial charge in [0.2, 0.25) is 0 Å². The molecule has 5 heavy (non-hydrogen) atoms. The Morgan fingerprint density at radius 1 is 1.20 bits per heavy atom. The van der Waals surface area contributed by atoms with Crippen molar-refractivity contribution < 1.29 is 0 Å². The average Bonchev–Trinajstić information content (AvgIpc) is 0.722. The summed E-state index contributed by atoms with van der Waals surface area (Å²) < 4.78 is 7.12. The molecule has 0 aliphatic carbocycles. The molecule has 0 rings (SSSR count). The molecule has 0 aromatic heterocycles. The molecule has 0 bridgehead atoms. The fourth-order valence-electron chi connectivity index (χ4n) is 0. The summed E-state index contributed by atoms with van der Waals surface area (Å²) >= 11 is -1.69. The zero-order valence-electron chi connectivity index (χ0n) is 3.88. The molecule has 0 saturated carbocycles. The Hall–Kier alpha value is 0.530. The Kier molecular flexibility index (Phi) is 1.46. The number of hydrogen-bond donors (Lipinski definition) is 1. The summed E-state index contributed by atoms with van der Waals surface area (Å²) in [4.78, 5) is 6.10. The second-order valence-electron chi connectivity index (χ2n) is 1.70. The van der Waals surface area contributed by atoms with Crippen molar-refractivity contribution in [2.45, 2.75) is 0 Å². The first-order chi connectivity index (χ1) is 2.00. The van der Waals surface area contributed by atoms with E-state index in [4.69, 9.17) is 3.56 Å². The van der Waals surface area contributed by atoms with Gasteiger partial charge in [0.1, 0.15) is 0 Å². The zero-order valence-corrected chi connectivity index (χ0v) is 6.04. The van der Waals surface area contributed by atoms with Crippen LogP contribution in [0, 0.1) is 3.56 Å². The van der Waals surface area contributed by atoms with E-state index in [2.05, 4.69) is 0 Å². The number of halogens is 1. The fourth-order valence-corrected chi connectivity index (χ4v) is 0. The molecule has 0 atom stereocenters. The summed E-state index contributed by atoms with van der Waals surface area (Å²) in [7, 11) is 0. The van der Waals surface area contributed by atoms with Crippen molar-refractivity contribution in [2.24, 2.45) is 0 Å². The number of nitrogens with one attached hydrogen (secondary N) is 1. The van der Waals surface area contributed by atoms with Gasteiger partial charge >= 0.3 is 36.6 Å². The normalized spacial score (nSPS) is 15.0. The molecule has 0 amide bonds. The predicted octanol–water partition coefficient (Wildman–Crippen LogP) is 1.68. The maximum absolute atomic E-state index is 7.12. The summed E-state index contributed by atoms with van der Waals surface area (Å²) in [5, 5.41) is 0. The van der Waals surface area contributed by atoms with Crippen molar-refractivity contribution in [1.29, 1.82) is 3.56 Å². The number of hydrogen-bond acceptors (Lipinski definition) is 1. The second kappa shape index (κ2) is 1.32. The first-order valence-corrected chi connectivity index (χ1v) is 8.87. The molecule has 2 heteroatoms. The van der Waals surface area contributed by atoms with Crippen LogP contribution in [0.2, 0.25) is 0 Å². The summed E-state index contributed by atoms with van der Waals surface area (Å²) in [6.45, 7) is 0. The molecule has 1 N–H and O–H groups in total. The van der Waals surface area contributed by atoms with Gasteiger partial charge in [0.05, 0.1) is 0 Å². The molecule has 1 nitrogen and oxygen atoms in total. The van der Waals surface area contributed by atoms with Gasteiger partial charge in [-0.1, -0.05) is 0 Å². The Bertz CT molecular complexity index is 53.0. The van der Waals surface area contributed by atoms with Crippen LogP contribution in [0.15, 0.2) is 0 Å². The molecule has 0 aromatic carbocycles. The first-order valence-electron chi connectivity index (χ1n) is 1.32. The van der Waals surface area contributed by atoms with Crippen molar-refractivity contribution in [3.8, 4) is 0 Å². The third-order valence-corrected chi connectivity index (χ3v) is 0. The number of rotatable bonds is 0. The van der Waals surface area contributed by atoms with Crippen molar-refractivity contribution in [3.05, 3.63) is 0 Å². The molecular weight excluding hydrogens is 177 g/mol. The summed E-state index contributed by atoms with van der Waals surface area (Å²) in [5.41, 5.74) is 0. The molecular formula is C3H10IN. The van der Waals surface area contributed by atoms with Crippen LogP contribution in [0.25, 0.3) is 0 Å². The molecule has 0 unspecified atom stereocenters. The molecule has 0 saturated heterocycles. The summed E-state index contributed by atoms with van der Waals surface area (Å²) in [5.74, 6) is 0. The van der Waals surface area contributed by atoms with Gasteiger partial charge < -0.3 is 0 Å². The standard InChI is InChI=1S/C3H10IN/c1-4(2,3)5/h5H,1-3H3. The van der Waals surface area contributed by atoms with Gasteiger partial charge in [-0.15, -0.1) is 0 Å². The van der Waals surface area contributed by atoms with Gasteiger partial charge in [-0.25, -0.2) is 0 Å². The van der Waals surface area contributed by atoms with E-state index in [0.717, 1.165) is 0 Å². The quantitative estimate of drug-likeness (QED) is 0.440. The zero-order chi connectivity index (χ0) is 4.50. The molecule has 0 aromatic rings. The van der Waals surface area contributed by atoms with E-state index in [-0.39, 0.29) is 0 Å². The SMILES string of the molecule is CI(C)(C)=N. The fraction of sp³-hybridized carbons (Fsp3) is 1.00. The Labute approximate surface area is 37.0 Å². The summed E-state index contributed by atoms with van der Waals surface area (Å²) in [6, 6.07) is 0. The van der Waals surface area contributed by atoms with E-state index in [1.54, 1.807) is 0 Å². The van der Waals surface area contributed by atoms with E-state index in [1.165, 1.54) is 0 Å². The molecule has 0 radical (unpaired) electrons. The topological polar surface area (TPSA) is 23.9 Å². The van der Waals surface area contributed by atoms with Gasteiger partial charge in [-0.2, -0.15) is 0 Å². The van der Waals surface area contributed by atoms with Crippen LogP contribution in [0.5, 0.6) is 0 Å². The van der Waals surface area contributed by atoms with E-state index in [9.17, 15) is 0 Å². The Morgan fingerprint density at radius 2 is 1.20 bits per heavy atom. The van der Waals surface area contributed by atoms with Gasteiger partial charge in [-0.3, -0.25) is 0 Å². The van der Waals surface area contributed by atoms with Crippen LogP contribution in [0.1, 0.15) is 0 Å². The van der Waals surface area contributed by atoms with Crippen molar-refractivity contribution in [2.75, 3.05) is 14.8 Å². The van der Waals surface area contributed by atoms with Crippen LogP contribution >= 0.6 is 18.3 Å². The first kappa shape index (κ1) is 5.53. The van der Waals surface area contributed by atoms with E-state index in [0.29, 0.717) is 0 Å². The third kappa shape index (κ3) is 103. The van der Waals surface area contributed by atoms with Gasteiger partial charge in [-0.05, 0) is 0 Å². The molecule has 0 aliphatic heterocycles. The molecule has 34 valence electrons.